The third kappa shape index (κ3) is 4.13. The van der Waals surface area contributed by atoms with Gasteiger partial charge in [-0.25, -0.2) is 9.18 Å². The summed E-state index contributed by atoms with van der Waals surface area (Å²) in [5.74, 6) is -2.63. The molecule has 3 rings (SSSR count). The zero-order valence-electron chi connectivity index (χ0n) is 14.7. The van der Waals surface area contributed by atoms with Crippen molar-refractivity contribution in [3.63, 3.8) is 0 Å². The Morgan fingerprint density at radius 1 is 1.22 bits per heavy atom. The highest BCUT2D eigenvalue weighted by Crippen LogP contribution is 2.24. The fraction of sp³-hybridized carbons (Fsp3) is 0.250. The Labute approximate surface area is 155 Å². The number of carbonyl (C=O) groups is 3. The quantitative estimate of drug-likeness (QED) is 0.847. The molecule has 1 aliphatic rings. The molecule has 2 N–H and O–H groups in total. The number of anilines is 1. The molecular weight excluding hydrogens is 351 g/mol. The van der Waals surface area contributed by atoms with Crippen molar-refractivity contribution in [2.75, 3.05) is 5.32 Å². The highest BCUT2D eigenvalue weighted by Gasteiger charge is 2.36. The molecule has 27 heavy (non-hydrogen) atoms. The highest BCUT2D eigenvalue weighted by molar-refractivity contribution is 6.00. The molecule has 0 spiro atoms. The molecule has 0 saturated carbocycles. The van der Waals surface area contributed by atoms with Crippen LogP contribution in [-0.2, 0) is 16.1 Å². The van der Waals surface area contributed by atoms with E-state index < -0.39 is 23.7 Å². The van der Waals surface area contributed by atoms with Crippen molar-refractivity contribution >= 4 is 23.5 Å². The van der Waals surface area contributed by atoms with Crippen LogP contribution in [0.2, 0.25) is 0 Å². The molecule has 0 aromatic heterocycles. The first-order chi connectivity index (χ1) is 12.8. The molecule has 6 nitrogen and oxygen atoms in total. The van der Waals surface area contributed by atoms with Crippen LogP contribution in [-0.4, -0.2) is 33.8 Å². The second-order valence-electron chi connectivity index (χ2n) is 6.55. The minimum atomic E-state index is -1.22. The van der Waals surface area contributed by atoms with Crippen LogP contribution >= 0.6 is 0 Å². The first-order valence-electron chi connectivity index (χ1n) is 8.54. The van der Waals surface area contributed by atoms with Gasteiger partial charge in [-0.15, -0.1) is 0 Å². The van der Waals surface area contributed by atoms with Gasteiger partial charge in [-0.3, -0.25) is 9.59 Å². The second kappa shape index (κ2) is 7.57. The molecule has 0 bridgehead atoms. The maximum Gasteiger partial charge on any atom is 0.335 e. The molecule has 2 amide bonds. The summed E-state index contributed by atoms with van der Waals surface area (Å²) < 4.78 is 14.0. The van der Waals surface area contributed by atoms with E-state index in [2.05, 4.69) is 5.32 Å². The number of likely N-dealkylation sites (tertiary alicyclic amines) is 1. The Morgan fingerprint density at radius 3 is 2.59 bits per heavy atom. The van der Waals surface area contributed by atoms with Gasteiger partial charge in [0.15, 0.2) is 0 Å². The molecule has 140 valence electrons. The van der Waals surface area contributed by atoms with Crippen LogP contribution in [0.4, 0.5) is 10.1 Å². The SMILES string of the molecule is Cc1ccc(CN2C(=O)CCC2C(=O)Nc2cc(C(=O)O)ccc2F)cc1. The van der Waals surface area contributed by atoms with E-state index in [9.17, 15) is 18.8 Å². The van der Waals surface area contributed by atoms with Gasteiger partial charge in [0.2, 0.25) is 11.8 Å². The Morgan fingerprint density at radius 2 is 1.93 bits per heavy atom. The number of carbonyl (C=O) groups excluding carboxylic acids is 2. The second-order valence-corrected chi connectivity index (χ2v) is 6.55. The number of hydrogen-bond donors (Lipinski definition) is 2. The summed E-state index contributed by atoms with van der Waals surface area (Å²) in [4.78, 5) is 37.4. The molecule has 1 fully saturated rings. The van der Waals surface area contributed by atoms with Crippen molar-refractivity contribution in [1.29, 1.82) is 0 Å². The van der Waals surface area contributed by atoms with Gasteiger partial charge < -0.3 is 15.3 Å². The molecule has 7 heteroatoms. The molecule has 2 aromatic carbocycles. The summed E-state index contributed by atoms with van der Waals surface area (Å²) in [5, 5.41) is 11.4. The van der Waals surface area contributed by atoms with Crippen molar-refractivity contribution in [1.82, 2.24) is 4.90 Å². The van der Waals surface area contributed by atoms with Gasteiger partial charge in [0, 0.05) is 13.0 Å². The zero-order chi connectivity index (χ0) is 19.6. The number of halogens is 1. The largest absolute Gasteiger partial charge is 0.478 e. The standard InChI is InChI=1S/C20H19FN2O4/c1-12-2-4-13(5-3-12)11-23-17(8-9-18(23)24)19(25)22-16-10-14(20(26)27)6-7-15(16)21/h2-7,10,17H,8-9,11H2,1H3,(H,22,25)(H,26,27). The smallest absolute Gasteiger partial charge is 0.335 e. The Kier molecular flexibility index (Phi) is 5.21. The lowest BCUT2D eigenvalue weighted by Gasteiger charge is -2.24. The molecule has 0 radical (unpaired) electrons. The lowest BCUT2D eigenvalue weighted by molar-refractivity contribution is -0.133. The van der Waals surface area contributed by atoms with Crippen LogP contribution < -0.4 is 5.32 Å². The van der Waals surface area contributed by atoms with Gasteiger partial charge in [-0.1, -0.05) is 29.8 Å². The average molecular weight is 370 g/mol. The van der Waals surface area contributed by atoms with Crippen LogP contribution in [0.5, 0.6) is 0 Å². The van der Waals surface area contributed by atoms with Crippen LogP contribution in [0.1, 0.15) is 34.3 Å². The Balaban J connectivity index is 1.77. The van der Waals surface area contributed by atoms with Gasteiger partial charge in [-0.05, 0) is 37.1 Å². The fourth-order valence-corrected chi connectivity index (χ4v) is 3.06. The number of amides is 2. The number of nitrogens with one attached hydrogen (secondary N) is 1. The van der Waals surface area contributed by atoms with Gasteiger partial charge in [0.25, 0.3) is 0 Å². The van der Waals surface area contributed by atoms with Crippen molar-refractivity contribution in [3.05, 3.63) is 65.0 Å². The first kappa shape index (κ1) is 18.6. The van der Waals surface area contributed by atoms with E-state index in [-0.39, 0.29) is 30.1 Å². The number of benzene rings is 2. The van der Waals surface area contributed by atoms with E-state index in [4.69, 9.17) is 5.11 Å². The molecule has 1 unspecified atom stereocenters. The minimum Gasteiger partial charge on any atom is -0.478 e. The number of carboxylic acids is 1. The maximum atomic E-state index is 14.0. The number of aryl methyl sites for hydroxylation is 1. The Hall–Kier alpha value is -3.22. The minimum absolute atomic E-state index is 0.134. The highest BCUT2D eigenvalue weighted by atomic mass is 19.1. The lowest BCUT2D eigenvalue weighted by atomic mass is 10.1. The summed E-state index contributed by atoms with van der Waals surface area (Å²) in [5.41, 5.74) is 1.64. The fourth-order valence-electron chi connectivity index (χ4n) is 3.06. The van der Waals surface area contributed by atoms with Crippen molar-refractivity contribution < 1.29 is 23.9 Å². The summed E-state index contributed by atoms with van der Waals surface area (Å²) in [6, 6.07) is 10.1. The van der Waals surface area contributed by atoms with E-state index >= 15 is 0 Å². The predicted molar refractivity (Wildman–Crippen MR) is 96.7 cm³/mol. The van der Waals surface area contributed by atoms with E-state index in [1.54, 1.807) is 0 Å². The van der Waals surface area contributed by atoms with E-state index in [1.807, 2.05) is 31.2 Å². The zero-order valence-corrected chi connectivity index (χ0v) is 14.7. The van der Waals surface area contributed by atoms with E-state index in [1.165, 1.54) is 4.90 Å². The topological polar surface area (TPSA) is 86.7 Å². The van der Waals surface area contributed by atoms with Crippen molar-refractivity contribution in [2.24, 2.45) is 0 Å². The van der Waals surface area contributed by atoms with Crippen LogP contribution in [0.25, 0.3) is 0 Å². The van der Waals surface area contributed by atoms with E-state index in [0.717, 1.165) is 29.3 Å². The van der Waals surface area contributed by atoms with Crippen molar-refractivity contribution in [2.45, 2.75) is 32.4 Å². The number of carboxylic acid groups (broad SMARTS) is 1. The molecular formula is C20H19FN2O4. The first-order valence-corrected chi connectivity index (χ1v) is 8.54. The third-order valence-corrected chi connectivity index (χ3v) is 4.58. The summed E-state index contributed by atoms with van der Waals surface area (Å²) in [6.07, 6.45) is 0.568. The molecule has 1 heterocycles. The molecule has 2 aromatic rings. The van der Waals surface area contributed by atoms with E-state index in [0.29, 0.717) is 6.42 Å². The number of aromatic carboxylic acids is 1. The molecule has 0 aliphatic carbocycles. The van der Waals surface area contributed by atoms with Gasteiger partial charge in [0.1, 0.15) is 11.9 Å². The number of rotatable bonds is 5. The number of hydrogen-bond acceptors (Lipinski definition) is 3. The van der Waals surface area contributed by atoms with Gasteiger partial charge in [-0.2, -0.15) is 0 Å². The summed E-state index contributed by atoms with van der Waals surface area (Å²) >= 11 is 0. The average Bonchev–Trinajstić information content (AvgIpc) is 2.99. The van der Waals surface area contributed by atoms with Crippen LogP contribution in [0, 0.1) is 12.7 Å². The van der Waals surface area contributed by atoms with Gasteiger partial charge >= 0.3 is 5.97 Å². The van der Waals surface area contributed by atoms with Crippen LogP contribution in [0.3, 0.4) is 0 Å². The van der Waals surface area contributed by atoms with Gasteiger partial charge in [0.05, 0.1) is 11.3 Å². The van der Waals surface area contributed by atoms with Crippen molar-refractivity contribution in [3.8, 4) is 0 Å². The normalized spacial score (nSPS) is 16.4. The maximum absolute atomic E-state index is 14.0. The Bertz CT molecular complexity index is 895. The molecule has 1 aliphatic heterocycles. The van der Waals surface area contributed by atoms with Crippen LogP contribution in [0.15, 0.2) is 42.5 Å². The third-order valence-electron chi connectivity index (χ3n) is 4.58. The molecule has 1 atom stereocenters. The monoisotopic (exact) mass is 370 g/mol. The number of nitrogens with zero attached hydrogens (tertiary/aromatic N) is 1. The molecule has 1 saturated heterocycles. The summed E-state index contributed by atoms with van der Waals surface area (Å²) in [6.45, 7) is 2.25. The lowest BCUT2D eigenvalue weighted by Crippen LogP contribution is -2.41. The summed E-state index contributed by atoms with van der Waals surface area (Å²) in [7, 11) is 0. The predicted octanol–water partition coefficient (Wildman–Crippen LogP) is 2.96.